The van der Waals surface area contributed by atoms with Gasteiger partial charge in [-0.2, -0.15) is 0 Å². The number of thiazole rings is 2. The Labute approximate surface area is 191 Å². The molecule has 0 atom stereocenters. The smallest absolute Gasteiger partial charge is 0.423 e. The molecule has 0 aliphatic heterocycles. The van der Waals surface area contributed by atoms with Crippen LogP contribution < -0.4 is 5.46 Å². The van der Waals surface area contributed by atoms with Crippen LogP contribution in [0.4, 0.5) is 0 Å². The molecule has 156 valence electrons. The van der Waals surface area contributed by atoms with Gasteiger partial charge in [0.1, 0.15) is 5.01 Å². The zero-order chi connectivity index (χ0) is 21.8. The van der Waals surface area contributed by atoms with E-state index in [9.17, 15) is 0 Å². The highest BCUT2D eigenvalue weighted by molar-refractivity contribution is 9.11. The van der Waals surface area contributed by atoms with Crippen LogP contribution in [0.25, 0.3) is 10.6 Å². The van der Waals surface area contributed by atoms with Crippen molar-refractivity contribution < 1.29 is 20.3 Å². The van der Waals surface area contributed by atoms with Gasteiger partial charge < -0.3 is 20.3 Å². The molecule has 6 nitrogen and oxygen atoms in total. The molecule has 0 spiro atoms. The second-order valence-corrected chi connectivity index (χ2v) is 8.73. The third-order valence-electron chi connectivity index (χ3n) is 3.76. The lowest BCUT2D eigenvalue weighted by molar-refractivity contribution is 0.282. The van der Waals surface area contributed by atoms with Crippen molar-refractivity contribution in [3.8, 4) is 10.6 Å². The molecule has 0 saturated heterocycles. The summed E-state index contributed by atoms with van der Waals surface area (Å²) in [6.07, 6.45) is 3.53. The van der Waals surface area contributed by atoms with Crippen molar-refractivity contribution in [1.29, 1.82) is 0 Å². The van der Waals surface area contributed by atoms with Gasteiger partial charge in [0.15, 0.2) is 3.92 Å². The molecule has 4 aromatic rings. The molecular weight excluding hydrogens is 487 g/mol. The minimum atomic E-state index is -1.50. The topological polar surface area (TPSA) is 107 Å². The maximum absolute atomic E-state index is 9.09. The Hall–Kier alpha value is -1.92. The molecule has 0 radical (unpaired) electrons. The van der Waals surface area contributed by atoms with E-state index >= 15 is 0 Å². The molecule has 4 rings (SSSR count). The van der Waals surface area contributed by atoms with Crippen LogP contribution in [0.2, 0.25) is 0 Å². The van der Waals surface area contributed by atoms with Crippen molar-refractivity contribution in [2.24, 2.45) is 0 Å². The zero-order valence-electron chi connectivity index (χ0n) is 15.8. The Morgan fingerprint density at radius 1 is 0.800 bits per heavy atom. The highest BCUT2D eigenvalue weighted by Gasteiger charge is 2.13. The molecule has 0 saturated carbocycles. The molecule has 0 bridgehead atoms. The van der Waals surface area contributed by atoms with Gasteiger partial charge in [0, 0.05) is 28.7 Å². The van der Waals surface area contributed by atoms with Crippen LogP contribution in [0.15, 0.2) is 75.6 Å². The molecule has 0 amide bonds. The lowest BCUT2D eigenvalue weighted by atomic mass is 9.77. The van der Waals surface area contributed by atoms with E-state index in [1.807, 2.05) is 35.0 Å². The largest absolute Gasteiger partial charge is 0.488 e. The van der Waals surface area contributed by atoms with Gasteiger partial charge in [0.05, 0.1) is 13.2 Å². The van der Waals surface area contributed by atoms with E-state index in [0.717, 1.165) is 20.1 Å². The number of aromatic nitrogens is 2. The summed E-state index contributed by atoms with van der Waals surface area (Å²) in [5.41, 5.74) is 2.86. The monoisotopic (exact) mass is 506 g/mol. The van der Waals surface area contributed by atoms with Crippen molar-refractivity contribution >= 4 is 51.2 Å². The van der Waals surface area contributed by atoms with Gasteiger partial charge in [-0.05, 0) is 32.5 Å². The van der Waals surface area contributed by atoms with Crippen molar-refractivity contribution in [1.82, 2.24) is 9.97 Å². The first-order valence-corrected chi connectivity index (χ1v) is 11.3. The normalized spacial score (nSPS) is 9.77. The Morgan fingerprint density at radius 3 is 1.87 bits per heavy atom. The minimum Gasteiger partial charge on any atom is -0.423 e. The summed E-state index contributed by atoms with van der Waals surface area (Å²) in [5, 5.41) is 40.2. The van der Waals surface area contributed by atoms with Crippen molar-refractivity contribution in [3.63, 3.8) is 0 Å². The predicted octanol–water partition coefficient (Wildman–Crippen LogP) is 3.07. The van der Waals surface area contributed by atoms with Gasteiger partial charge in [-0.15, -0.1) is 22.7 Å². The molecule has 2 aromatic carbocycles. The highest BCUT2D eigenvalue weighted by atomic mass is 79.9. The van der Waals surface area contributed by atoms with Gasteiger partial charge >= 0.3 is 7.12 Å². The summed E-state index contributed by atoms with van der Waals surface area (Å²) < 4.78 is 0.947. The van der Waals surface area contributed by atoms with Gasteiger partial charge in [0.2, 0.25) is 0 Å². The number of aliphatic hydroxyl groups excluding tert-OH is 2. The molecule has 4 N–H and O–H groups in total. The number of halogens is 1. The van der Waals surface area contributed by atoms with E-state index in [2.05, 4.69) is 25.9 Å². The first-order valence-electron chi connectivity index (χ1n) is 8.75. The summed E-state index contributed by atoms with van der Waals surface area (Å²) in [6.45, 7) is -0.108. The fraction of sp³-hybridized carbons (Fsp3) is 0.100. The van der Waals surface area contributed by atoms with Crippen LogP contribution in [0, 0.1) is 0 Å². The Kier molecular flexibility index (Phi) is 10.9. The van der Waals surface area contributed by atoms with E-state index in [1.54, 1.807) is 59.3 Å². The molecule has 0 aliphatic carbocycles. The van der Waals surface area contributed by atoms with E-state index in [0.29, 0.717) is 11.0 Å². The standard InChI is InChI=1S/C10H9NOS.C7H9BO3.C3H2BrNS/c12-7-8-3-1-2-4-9(8)10-11-5-6-13-10;9-5-6-3-1-2-4-7(6)8(10)11;4-3-5-1-2-6-3/h1-6,12H,7H2;1-4,9-11H,5H2;1-2H. The summed E-state index contributed by atoms with van der Waals surface area (Å²) in [4.78, 5) is 8.05. The lowest BCUT2D eigenvalue weighted by Gasteiger charge is -2.03. The van der Waals surface area contributed by atoms with Gasteiger partial charge in [0.25, 0.3) is 0 Å². The van der Waals surface area contributed by atoms with Gasteiger partial charge in [-0.25, -0.2) is 9.97 Å². The number of aliphatic hydroxyl groups is 2. The molecule has 2 aromatic heterocycles. The Balaban J connectivity index is 0.000000171. The van der Waals surface area contributed by atoms with Gasteiger partial charge in [-0.3, -0.25) is 0 Å². The third-order valence-corrected chi connectivity index (χ3v) is 5.89. The fourth-order valence-electron chi connectivity index (χ4n) is 2.36. The number of hydrogen-bond donors (Lipinski definition) is 4. The predicted molar refractivity (Wildman–Crippen MR) is 125 cm³/mol. The number of benzene rings is 2. The van der Waals surface area contributed by atoms with E-state index < -0.39 is 7.12 Å². The second-order valence-electron chi connectivity index (χ2n) is 5.67. The van der Waals surface area contributed by atoms with Crippen molar-refractivity contribution in [2.45, 2.75) is 13.2 Å². The number of hydrogen-bond acceptors (Lipinski definition) is 8. The number of rotatable bonds is 4. The molecule has 0 fully saturated rings. The summed E-state index contributed by atoms with van der Waals surface area (Å²) in [5.74, 6) is 0. The van der Waals surface area contributed by atoms with Crippen LogP contribution in [0.3, 0.4) is 0 Å². The average Bonchev–Trinajstić information content (AvgIpc) is 3.48. The quantitative estimate of drug-likeness (QED) is 0.317. The van der Waals surface area contributed by atoms with Crippen LogP contribution in [0.5, 0.6) is 0 Å². The van der Waals surface area contributed by atoms with Crippen molar-refractivity contribution in [2.75, 3.05) is 0 Å². The third kappa shape index (κ3) is 7.73. The maximum Gasteiger partial charge on any atom is 0.488 e. The molecule has 10 heteroatoms. The van der Waals surface area contributed by atoms with E-state index in [-0.39, 0.29) is 13.2 Å². The lowest BCUT2D eigenvalue weighted by Crippen LogP contribution is -2.32. The van der Waals surface area contributed by atoms with Crippen molar-refractivity contribution in [3.05, 3.63) is 86.7 Å². The van der Waals surface area contributed by atoms with Crippen LogP contribution in [0.1, 0.15) is 11.1 Å². The molecule has 0 unspecified atom stereocenters. The minimum absolute atomic E-state index is 0.0652. The Bertz CT molecular complexity index is 986. The summed E-state index contributed by atoms with van der Waals surface area (Å²) in [6, 6.07) is 14.4. The molecular formula is C20H20BBrN2O4S2. The first-order chi connectivity index (χ1) is 14.6. The Morgan fingerprint density at radius 2 is 1.40 bits per heavy atom. The maximum atomic E-state index is 9.09. The van der Waals surface area contributed by atoms with Crippen LogP contribution in [-0.2, 0) is 13.2 Å². The second kappa shape index (κ2) is 13.4. The average molecular weight is 507 g/mol. The van der Waals surface area contributed by atoms with Crippen LogP contribution in [-0.4, -0.2) is 37.3 Å². The van der Waals surface area contributed by atoms with Crippen LogP contribution >= 0.6 is 38.6 Å². The zero-order valence-corrected chi connectivity index (χ0v) is 19.0. The molecule has 0 aliphatic rings. The van der Waals surface area contributed by atoms with E-state index in [4.69, 9.17) is 20.3 Å². The number of nitrogens with zero attached hydrogens (tertiary/aromatic N) is 2. The van der Waals surface area contributed by atoms with Gasteiger partial charge in [-0.1, -0.05) is 48.5 Å². The molecule has 2 heterocycles. The SMILES string of the molecule is Brc1nccs1.OCc1ccccc1-c1nccs1.OCc1ccccc1B(O)O. The first kappa shape index (κ1) is 24.4. The molecule has 30 heavy (non-hydrogen) atoms. The highest BCUT2D eigenvalue weighted by Crippen LogP contribution is 2.25. The summed E-state index contributed by atoms with van der Waals surface area (Å²) in [7, 11) is -1.50. The van der Waals surface area contributed by atoms with E-state index in [1.165, 1.54) is 0 Å². The fourth-order valence-corrected chi connectivity index (χ4v) is 3.86. The summed E-state index contributed by atoms with van der Waals surface area (Å²) >= 11 is 6.36.